The standard InChI is InChI=1S/C12H18N4O/c1-4-15-11(17)5-6-16-9(3)8(2)10(7-13)12(16)14/h4-6,14H2,1-3H3,(H,15,17). The van der Waals surface area contributed by atoms with Crippen molar-refractivity contribution in [2.45, 2.75) is 33.7 Å². The van der Waals surface area contributed by atoms with Gasteiger partial charge in [-0.2, -0.15) is 5.26 Å². The molecule has 5 heteroatoms. The van der Waals surface area contributed by atoms with Crippen LogP contribution in [0, 0.1) is 25.2 Å². The number of hydrogen-bond donors (Lipinski definition) is 2. The number of hydrogen-bond acceptors (Lipinski definition) is 3. The van der Waals surface area contributed by atoms with Crippen molar-refractivity contribution in [3.63, 3.8) is 0 Å². The van der Waals surface area contributed by atoms with Crippen LogP contribution in [-0.4, -0.2) is 17.0 Å². The Kier molecular flexibility index (Phi) is 4.16. The summed E-state index contributed by atoms with van der Waals surface area (Å²) >= 11 is 0. The van der Waals surface area contributed by atoms with Gasteiger partial charge in [0.15, 0.2) is 0 Å². The summed E-state index contributed by atoms with van der Waals surface area (Å²) < 4.78 is 1.82. The molecule has 0 unspecified atom stereocenters. The highest BCUT2D eigenvalue weighted by atomic mass is 16.1. The van der Waals surface area contributed by atoms with Gasteiger partial charge in [0.25, 0.3) is 0 Å². The number of carbonyl (C=O) groups excluding carboxylic acids is 1. The van der Waals surface area contributed by atoms with Gasteiger partial charge in [0.1, 0.15) is 11.9 Å². The van der Waals surface area contributed by atoms with Crippen molar-refractivity contribution in [2.75, 3.05) is 12.3 Å². The van der Waals surface area contributed by atoms with Gasteiger partial charge in [-0.05, 0) is 26.3 Å². The molecule has 92 valence electrons. The van der Waals surface area contributed by atoms with Gasteiger partial charge >= 0.3 is 0 Å². The van der Waals surface area contributed by atoms with E-state index in [2.05, 4.69) is 11.4 Å². The average Bonchev–Trinajstić information content (AvgIpc) is 2.49. The monoisotopic (exact) mass is 234 g/mol. The first-order valence-electron chi connectivity index (χ1n) is 5.64. The molecule has 0 fully saturated rings. The normalized spacial score (nSPS) is 10.0. The summed E-state index contributed by atoms with van der Waals surface area (Å²) in [5.41, 5.74) is 8.23. The van der Waals surface area contributed by atoms with Gasteiger partial charge in [0.05, 0.1) is 5.56 Å². The number of carbonyl (C=O) groups is 1. The lowest BCUT2D eigenvalue weighted by molar-refractivity contribution is -0.121. The first kappa shape index (κ1) is 13.1. The zero-order chi connectivity index (χ0) is 13.0. The molecule has 1 heterocycles. The Bertz CT molecular complexity index is 468. The zero-order valence-electron chi connectivity index (χ0n) is 10.5. The number of anilines is 1. The predicted octanol–water partition coefficient (Wildman–Crippen LogP) is 1.09. The molecule has 1 aromatic heterocycles. The summed E-state index contributed by atoms with van der Waals surface area (Å²) in [5.74, 6) is 0.447. The molecule has 1 rings (SSSR count). The van der Waals surface area contributed by atoms with Crippen LogP contribution in [-0.2, 0) is 11.3 Å². The Morgan fingerprint density at radius 1 is 1.53 bits per heavy atom. The van der Waals surface area contributed by atoms with Crippen molar-refractivity contribution in [1.82, 2.24) is 9.88 Å². The third-order valence-corrected chi connectivity index (χ3v) is 2.92. The maximum Gasteiger partial charge on any atom is 0.221 e. The molecule has 0 bridgehead atoms. The largest absolute Gasteiger partial charge is 0.384 e. The highest BCUT2D eigenvalue weighted by molar-refractivity contribution is 5.75. The van der Waals surface area contributed by atoms with E-state index >= 15 is 0 Å². The summed E-state index contributed by atoms with van der Waals surface area (Å²) in [6, 6.07) is 2.09. The number of nitrogen functional groups attached to an aromatic ring is 1. The quantitative estimate of drug-likeness (QED) is 0.817. The van der Waals surface area contributed by atoms with Gasteiger partial charge in [0, 0.05) is 25.2 Å². The zero-order valence-corrected chi connectivity index (χ0v) is 10.5. The van der Waals surface area contributed by atoms with E-state index in [0.717, 1.165) is 11.3 Å². The van der Waals surface area contributed by atoms with Crippen molar-refractivity contribution in [1.29, 1.82) is 5.26 Å². The van der Waals surface area contributed by atoms with Crippen molar-refractivity contribution < 1.29 is 4.79 Å². The molecule has 0 saturated heterocycles. The maximum absolute atomic E-state index is 11.4. The fraction of sp³-hybridized carbons (Fsp3) is 0.500. The second-order valence-electron chi connectivity index (χ2n) is 3.94. The highest BCUT2D eigenvalue weighted by Crippen LogP contribution is 2.23. The molecule has 17 heavy (non-hydrogen) atoms. The maximum atomic E-state index is 11.4. The summed E-state index contributed by atoms with van der Waals surface area (Å²) in [6.07, 6.45) is 0.373. The number of nitriles is 1. The molecule has 0 saturated carbocycles. The van der Waals surface area contributed by atoms with E-state index in [1.54, 1.807) is 0 Å². The second-order valence-corrected chi connectivity index (χ2v) is 3.94. The number of aromatic nitrogens is 1. The molecule has 0 aliphatic heterocycles. The SMILES string of the molecule is CCNC(=O)CCn1c(C)c(C)c(C#N)c1N. The van der Waals surface area contributed by atoms with Gasteiger partial charge in [-0.3, -0.25) is 4.79 Å². The van der Waals surface area contributed by atoms with Crippen LogP contribution in [0.4, 0.5) is 5.82 Å². The Morgan fingerprint density at radius 3 is 2.65 bits per heavy atom. The van der Waals surface area contributed by atoms with Gasteiger partial charge < -0.3 is 15.6 Å². The molecule has 0 spiro atoms. The molecule has 0 radical (unpaired) electrons. The van der Waals surface area contributed by atoms with E-state index in [9.17, 15) is 4.79 Å². The van der Waals surface area contributed by atoms with Crippen LogP contribution in [0.25, 0.3) is 0 Å². The molecular weight excluding hydrogens is 216 g/mol. The second kappa shape index (κ2) is 5.39. The number of nitrogens with zero attached hydrogens (tertiary/aromatic N) is 2. The molecule has 0 aromatic carbocycles. The minimum absolute atomic E-state index is 0.00355. The fourth-order valence-electron chi connectivity index (χ4n) is 1.82. The van der Waals surface area contributed by atoms with E-state index in [-0.39, 0.29) is 5.91 Å². The van der Waals surface area contributed by atoms with E-state index in [1.165, 1.54) is 0 Å². The van der Waals surface area contributed by atoms with Crippen LogP contribution in [0.2, 0.25) is 0 Å². The van der Waals surface area contributed by atoms with Crippen LogP contribution in [0.15, 0.2) is 0 Å². The van der Waals surface area contributed by atoms with Gasteiger partial charge in [-0.1, -0.05) is 0 Å². The van der Waals surface area contributed by atoms with Gasteiger partial charge in [-0.25, -0.2) is 0 Å². The Balaban J connectivity index is 2.86. The van der Waals surface area contributed by atoms with Crippen molar-refractivity contribution in [3.05, 3.63) is 16.8 Å². The third kappa shape index (κ3) is 2.59. The Morgan fingerprint density at radius 2 is 2.18 bits per heavy atom. The molecule has 0 aliphatic rings. The van der Waals surface area contributed by atoms with E-state index in [4.69, 9.17) is 11.0 Å². The summed E-state index contributed by atoms with van der Waals surface area (Å²) in [7, 11) is 0. The van der Waals surface area contributed by atoms with Crippen LogP contribution in [0.1, 0.15) is 30.2 Å². The highest BCUT2D eigenvalue weighted by Gasteiger charge is 2.15. The molecule has 1 amide bonds. The number of nitrogens with one attached hydrogen (secondary N) is 1. The topological polar surface area (TPSA) is 83.8 Å². The van der Waals surface area contributed by atoms with Crippen molar-refractivity contribution in [3.8, 4) is 6.07 Å². The number of nitrogens with two attached hydrogens (primary N) is 1. The van der Waals surface area contributed by atoms with E-state index < -0.39 is 0 Å². The summed E-state index contributed by atoms with van der Waals surface area (Å²) in [4.78, 5) is 11.4. The number of rotatable bonds is 4. The van der Waals surface area contributed by atoms with Crippen molar-refractivity contribution >= 4 is 11.7 Å². The lowest BCUT2D eigenvalue weighted by Gasteiger charge is -2.08. The van der Waals surface area contributed by atoms with Crippen LogP contribution >= 0.6 is 0 Å². The molecule has 3 N–H and O–H groups in total. The van der Waals surface area contributed by atoms with E-state index in [0.29, 0.717) is 30.9 Å². The fourth-order valence-corrected chi connectivity index (χ4v) is 1.82. The third-order valence-electron chi connectivity index (χ3n) is 2.92. The first-order valence-corrected chi connectivity index (χ1v) is 5.64. The van der Waals surface area contributed by atoms with Gasteiger partial charge in [0.2, 0.25) is 5.91 Å². The molecule has 0 atom stereocenters. The lowest BCUT2D eigenvalue weighted by Crippen LogP contribution is -2.24. The molecule has 5 nitrogen and oxygen atoms in total. The number of amides is 1. The predicted molar refractivity (Wildman–Crippen MR) is 66.3 cm³/mol. The minimum atomic E-state index is -0.00355. The van der Waals surface area contributed by atoms with Crippen LogP contribution in [0.3, 0.4) is 0 Å². The van der Waals surface area contributed by atoms with Crippen LogP contribution in [0.5, 0.6) is 0 Å². The smallest absolute Gasteiger partial charge is 0.221 e. The van der Waals surface area contributed by atoms with E-state index in [1.807, 2.05) is 25.3 Å². The Labute approximate surface area is 101 Å². The molecular formula is C12H18N4O. The van der Waals surface area contributed by atoms with Gasteiger partial charge in [-0.15, -0.1) is 0 Å². The lowest BCUT2D eigenvalue weighted by atomic mass is 10.2. The average molecular weight is 234 g/mol. The molecule has 0 aliphatic carbocycles. The van der Waals surface area contributed by atoms with Crippen molar-refractivity contribution in [2.24, 2.45) is 0 Å². The minimum Gasteiger partial charge on any atom is -0.384 e. The summed E-state index contributed by atoms with van der Waals surface area (Å²) in [5, 5.41) is 11.7. The molecule has 1 aromatic rings. The first-order chi connectivity index (χ1) is 8.02. The van der Waals surface area contributed by atoms with Crippen LogP contribution < -0.4 is 11.1 Å². The summed E-state index contributed by atoms with van der Waals surface area (Å²) in [6.45, 7) is 6.79. The Hall–Kier alpha value is -1.96.